The van der Waals surface area contributed by atoms with Crippen LogP contribution in [0.1, 0.15) is 50.0 Å². The Kier molecular flexibility index (Phi) is 10.3. The number of rotatable bonds is 7. The largest absolute Gasteiger partial charge is 0.322 e. The van der Waals surface area contributed by atoms with Crippen LogP contribution in [0, 0.1) is 24.4 Å². The molecule has 3 aromatic rings. The highest BCUT2D eigenvalue weighted by Gasteiger charge is 2.19. The molecule has 0 saturated heterocycles. The van der Waals surface area contributed by atoms with Gasteiger partial charge in [0.15, 0.2) is 0 Å². The van der Waals surface area contributed by atoms with E-state index in [0.29, 0.717) is 13.0 Å². The van der Waals surface area contributed by atoms with Gasteiger partial charge in [0.2, 0.25) is 0 Å². The molecule has 178 valence electrons. The van der Waals surface area contributed by atoms with E-state index in [4.69, 9.17) is 0 Å². The van der Waals surface area contributed by atoms with Crippen molar-refractivity contribution >= 4 is 23.3 Å². The monoisotopic (exact) mass is 478 g/mol. The van der Waals surface area contributed by atoms with E-state index < -0.39 is 11.6 Å². The highest BCUT2D eigenvalue weighted by molar-refractivity contribution is 7.05. The molecule has 0 bridgehead atoms. The Balaban J connectivity index is 0.000000243. The summed E-state index contributed by atoms with van der Waals surface area (Å²) in [5, 5.41) is 3.44. The third-order valence-electron chi connectivity index (χ3n) is 4.87. The van der Waals surface area contributed by atoms with Crippen molar-refractivity contribution in [3.63, 3.8) is 0 Å². The van der Waals surface area contributed by atoms with Gasteiger partial charge in [-0.3, -0.25) is 0 Å². The van der Waals surface area contributed by atoms with Crippen LogP contribution in [-0.4, -0.2) is 32.9 Å². The van der Waals surface area contributed by atoms with Crippen LogP contribution in [0.3, 0.4) is 0 Å². The molecule has 9 heteroatoms. The lowest BCUT2D eigenvalue weighted by atomic mass is 10.1. The van der Waals surface area contributed by atoms with E-state index in [1.807, 2.05) is 27.7 Å². The van der Waals surface area contributed by atoms with Crippen LogP contribution >= 0.6 is 11.5 Å². The fraction of sp³-hybridized carbons (Fsp3) is 0.375. The molecule has 0 spiro atoms. The summed E-state index contributed by atoms with van der Waals surface area (Å²) in [6, 6.07) is 9.23. The van der Waals surface area contributed by atoms with Crippen LogP contribution in [0.5, 0.6) is 0 Å². The number of anilines is 1. The lowest BCUT2D eigenvalue weighted by molar-refractivity contribution is 0.190. The van der Waals surface area contributed by atoms with Gasteiger partial charge in [-0.25, -0.2) is 22.9 Å². The smallest absolute Gasteiger partial charge is 0.322 e. The van der Waals surface area contributed by atoms with Gasteiger partial charge in [0.25, 0.3) is 0 Å². The van der Waals surface area contributed by atoms with Gasteiger partial charge in [0.1, 0.15) is 28.3 Å². The first kappa shape index (κ1) is 26.3. The van der Waals surface area contributed by atoms with Crippen molar-refractivity contribution in [1.29, 1.82) is 0 Å². The first-order valence-electron chi connectivity index (χ1n) is 10.8. The molecule has 1 unspecified atom stereocenters. The van der Waals surface area contributed by atoms with Gasteiger partial charge in [-0.1, -0.05) is 26.0 Å². The predicted molar refractivity (Wildman–Crippen MR) is 126 cm³/mol. The molecule has 0 aliphatic heterocycles. The highest BCUT2D eigenvalue weighted by Crippen LogP contribution is 2.17. The molecule has 0 aliphatic carbocycles. The van der Waals surface area contributed by atoms with Gasteiger partial charge >= 0.3 is 6.03 Å². The van der Waals surface area contributed by atoms with Crippen LogP contribution in [0.15, 0.2) is 42.5 Å². The van der Waals surface area contributed by atoms with Crippen LogP contribution in [-0.2, 0) is 6.42 Å². The Hall–Kier alpha value is -2.94. The zero-order chi connectivity index (χ0) is 24.4. The Morgan fingerprint density at radius 1 is 1.09 bits per heavy atom. The molecular formula is C24H29F3N4OS. The molecule has 5 nitrogen and oxygen atoms in total. The van der Waals surface area contributed by atoms with E-state index in [-0.39, 0.29) is 23.6 Å². The second-order valence-electron chi connectivity index (χ2n) is 7.54. The van der Waals surface area contributed by atoms with Crippen LogP contribution in [0.2, 0.25) is 0 Å². The second-order valence-corrected chi connectivity index (χ2v) is 8.49. The Bertz CT molecular complexity index is 1030. The van der Waals surface area contributed by atoms with Crippen molar-refractivity contribution in [3.8, 4) is 0 Å². The van der Waals surface area contributed by atoms with Crippen molar-refractivity contribution in [2.45, 2.75) is 53.0 Å². The Morgan fingerprint density at radius 2 is 1.76 bits per heavy atom. The first-order valence-corrected chi connectivity index (χ1v) is 11.6. The number of halogens is 3. The average Bonchev–Trinajstić information content (AvgIpc) is 3.20. The van der Waals surface area contributed by atoms with E-state index in [1.165, 1.54) is 29.7 Å². The highest BCUT2D eigenvalue weighted by atomic mass is 32.1. The Morgan fingerprint density at radius 3 is 2.30 bits per heavy atom. The second kappa shape index (κ2) is 12.9. The molecule has 2 amide bonds. The molecule has 1 heterocycles. The summed E-state index contributed by atoms with van der Waals surface area (Å²) in [7, 11) is 0. The number of aryl methyl sites for hydroxylation is 1. The fourth-order valence-electron chi connectivity index (χ4n) is 2.96. The number of nitrogens with zero attached hydrogens (tertiary/aromatic N) is 3. The minimum absolute atomic E-state index is 0.00388. The zero-order valence-electron chi connectivity index (χ0n) is 19.2. The van der Waals surface area contributed by atoms with Gasteiger partial charge in [0, 0.05) is 25.1 Å². The number of amides is 2. The van der Waals surface area contributed by atoms with E-state index in [0.717, 1.165) is 41.4 Å². The van der Waals surface area contributed by atoms with Crippen molar-refractivity contribution in [2.24, 2.45) is 0 Å². The maximum Gasteiger partial charge on any atom is 0.322 e. The summed E-state index contributed by atoms with van der Waals surface area (Å²) in [6.45, 7) is 8.42. The molecule has 0 radical (unpaired) electrons. The average molecular weight is 479 g/mol. The molecule has 0 aliphatic rings. The molecule has 1 aromatic heterocycles. The summed E-state index contributed by atoms with van der Waals surface area (Å²) >= 11 is 1.39. The molecule has 3 rings (SSSR count). The summed E-state index contributed by atoms with van der Waals surface area (Å²) in [4.78, 5) is 18.0. The minimum atomic E-state index is -0.769. The van der Waals surface area contributed by atoms with Gasteiger partial charge in [0.05, 0.1) is 5.69 Å². The predicted octanol–water partition coefficient (Wildman–Crippen LogP) is 6.58. The standard InChI is InChI=1S/C14H20F2N2O.C10H9FN2S/c1-4-8-18(10(3)5-2)14(19)17-13-7-6-11(15)9-12(13)16;1-7-12-10(13-14-7)6-8-2-4-9(11)5-3-8/h6-7,9-10H,4-5,8H2,1-3H3,(H,17,19);2-5H,6H2,1H3. The summed E-state index contributed by atoms with van der Waals surface area (Å²) < 4.78 is 43.0. The summed E-state index contributed by atoms with van der Waals surface area (Å²) in [5.41, 5.74) is 1.03. The van der Waals surface area contributed by atoms with E-state index in [2.05, 4.69) is 14.7 Å². The molecule has 1 N–H and O–H groups in total. The number of carbonyl (C=O) groups excluding carboxylic acids is 1. The number of urea groups is 1. The van der Waals surface area contributed by atoms with Gasteiger partial charge < -0.3 is 10.2 Å². The number of hydrogen-bond donors (Lipinski definition) is 1. The molecule has 0 saturated carbocycles. The van der Waals surface area contributed by atoms with Gasteiger partial charge in [-0.15, -0.1) is 0 Å². The maximum absolute atomic E-state index is 13.5. The SMILES string of the molecule is CCCN(C(=O)Nc1ccc(F)cc1F)C(C)CC.Cc1nc(Cc2ccc(F)cc2)ns1. The van der Waals surface area contributed by atoms with Crippen molar-refractivity contribution in [2.75, 3.05) is 11.9 Å². The lowest BCUT2D eigenvalue weighted by Crippen LogP contribution is -2.41. The molecular weight excluding hydrogens is 449 g/mol. The van der Waals surface area contributed by atoms with Crippen LogP contribution in [0.4, 0.5) is 23.7 Å². The van der Waals surface area contributed by atoms with Crippen molar-refractivity contribution in [1.82, 2.24) is 14.3 Å². The number of nitrogens with one attached hydrogen (secondary N) is 1. The molecule has 1 atom stereocenters. The third-order valence-corrected chi connectivity index (χ3v) is 5.52. The minimum Gasteiger partial charge on any atom is -0.322 e. The third kappa shape index (κ3) is 8.49. The van der Waals surface area contributed by atoms with Gasteiger partial charge in [-0.2, -0.15) is 4.37 Å². The number of benzene rings is 2. The molecule has 33 heavy (non-hydrogen) atoms. The summed E-state index contributed by atoms with van der Waals surface area (Å²) in [6.07, 6.45) is 2.31. The number of aromatic nitrogens is 2. The molecule has 2 aromatic carbocycles. The van der Waals surface area contributed by atoms with Crippen molar-refractivity contribution < 1.29 is 18.0 Å². The first-order chi connectivity index (χ1) is 15.7. The van der Waals surface area contributed by atoms with Gasteiger partial charge in [-0.05, 0) is 68.1 Å². The van der Waals surface area contributed by atoms with Crippen molar-refractivity contribution in [3.05, 3.63) is 76.3 Å². The number of hydrogen-bond acceptors (Lipinski definition) is 4. The summed E-state index contributed by atoms with van der Waals surface area (Å²) in [5.74, 6) is -0.841. The van der Waals surface area contributed by atoms with E-state index in [9.17, 15) is 18.0 Å². The molecule has 0 fully saturated rings. The van der Waals surface area contributed by atoms with Crippen LogP contribution < -0.4 is 5.32 Å². The van der Waals surface area contributed by atoms with Crippen LogP contribution in [0.25, 0.3) is 0 Å². The maximum atomic E-state index is 13.5. The number of carbonyl (C=O) groups is 1. The normalized spacial score (nSPS) is 11.4. The lowest BCUT2D eigenvalue weighted by Gasteiger charge is -2.28. The topological polar surface area (TPSA) is 58.1 Å². The van der Waals surface area contributed by atoms with E-state index >= 15 is 0 Å². The van der Waals surface area contributed by atoms with E-state index in [1.54, 1.807) is 17.0 Å². The fourth-order valence-corrected chi connectivity index (χ4v) is 3.45. The zero-order valence-corrected chi connectivity index (χ0v) is 20.1. The quantitative estimate of drug-likeness (QED) is 0.417. The Labute approximate surface area is 196 Å².